The Morgan fingerprint density at radius 1 is 0.457 bits per heavy atom. The van der Waals surface area contributed by atoms with Crippen molar-refractivity contribution >= 4 is 11.9 Å². The SMILES string of the molecule is CCC/C=C\C/C=C\CCCCCCCC(=O)OCCCCCCCCCCC/C=C\C/C=C\CCCCCCCCCCCCCCCC(=O)NC(COC1OC(CO)C(O)C(O)C1O)C(O)/C=C/CC/C=C/CC/C=C/CCC. The van der Waals surface area contributed by atoms with Crippen LogP contribution in [0.5, 0.6) is 0 Å². The molecule has 1 aliphatic rings. The van der Waals surface area contributed by atoms with Crippen LogP contribution in [0.1, 0.15) is 284 Å². The van der Waals surface area contributed by atoms with Crippen LogP contribution in [-0.2, 0) is 23.8 Å². The summed E-state index contributed by atoms with van der Waals surface area (Å²) in [6.07, 6.45) is 70.0. The van der Waals surface area contributed by atoms with Crippen LogP contribution in [0.15, 0.2) is 85.1 Å². The minimum Gasteiger partial charge on any atom is -0.466 e. The Bertz CT molecular complexity index is 1620. The number of carbonyl (C=O) groups is 2. The monoisotopic (exact) mass is 1140 g/mol. The van der Waals surface area contributed by atoms with Gasteiger partial charge >= 0.3 is 5.97 Å². The van der Waals surface area contributed by atoms with Crippen molar-refractivity contribution < 1.29 is 49.3 Å². The van der Waals surface area contributed by atoms with Crippen molar-refractivity contribution in [1.82, 2.24) is 5.32 Å². The van der Waals surface area contributed by atoms with E-state index >= 15 is 0 Å². The van der Waals surface area contributed by atoms with Crippen LogP contribution >= 0.6 is 0 Å². The van der Waals surface area contributed by atoms with Gasteiger partial charge in [-0.3, -0.25) is 9.59 Å². The lowest BCUT2D eigenvalue weighted by Crippen LogP contribution is -2.60. The van der Waals surface area contributed by atoms with E-state index in [1.807, 2.05) is 6.08 Å². The number of unbranched alkanes of at least 4 members (excludes halogenated alkanes) is 31. The molecule has 11 nitrogen and oxygen atoms in total. The number of hydrogen-bond donors (Lipinski definition) is 6. The fraction of sp³-hybridized carbons (Fsp3) is 0.771. The molecule has 0 aromatic rings. The van der Waals surface area contributed by atoms with Crippen LogP contribution in [0.2, 0.25) is 0 Å². The van der Waals surface area contributed by atoms with E-state index in [2.05, 4.69) is 92.1 Å². The Balaban J connectivity index is 1.99. The molecule has 11 heteroatoms. The third-order valence-corrected chi connectivity index (χ3v) is 15.1. The molecule has 1 aliphatic heterocycles. The predicted molar refractivity (Wildman–Crippen MR) is 338 cm³/mol. The summed E-state index contributed by atoms with van der Waals surface area (Å²) in [6, 6.07) is -0.837. The minimum absolute atomic E-state index is 0.0136. The second-order valence-corrected chi connectivity index (χ2v) is 22.8. The number of carbonyl (C=O) groups excluding carboxylic acids is 2. The van der Waals surface area contributed by atoms with Crippen molar-refractivity contribution in [1.29, 1.82) is 0 Å². The number of esters is 1. The largest absolute Gasteiger partial charge is 0.466 e. The van der Waals surface area contributed by atoms with Crippen LogP contribution in [0.25, 0.3) is 0 Å². The summed E-state index contributed by atoms with van der Waals surface area (Å²) in [5, 5.41) is 54.3. The molecule has 7 unspecified atom stereocenters. The van der Waals surface area contributed by atoms with Gasteiger partial charge in [-0.1, -0.05) is 247 Å². The second-order valence-electron chi connectivity index (χ2n) is 22.8. The van der Waals surface area contributed by atoms with Crippen LogP contribution in [0, 0.1) is 0 Å². The fourth-order valence-electron chi connectivity index (χ4n) is 9.90. The normalized spacial score (nSPS) is 18.8. The number of hydrogen-bond acceptors (Lipinski definition) is 10. The fourth-order valence-corrected chi connectivity index (χ4v) is 9.90. The van der Waals surface area contributed by atoms with E-state index in [4.69, 9.17) is 14.2 Å². The summed E-state index contributed by atoms with van der Waals surface area (Å²) in [4.78, 5) is 25.1. The minimum atomic E-state index is -1.58. The highest BCUT2D eigenvalue weighted by atomic mass is 16.7. The molecule has 81 heavy (non-hydrogen) atoms. The van der Waals surface area contributed by atoms with E-state index < -0.39 is 49.5 Å². The average Bonchev–Trinajstić information content (AvgIpc) is 3.51. The molecular formula is C70H123NO10. The molecule has 468 valence electrons. The number of aliphatic hydroxyl groups is 5. The molecule has 1 heterocycles. The number of rotatable bonds is 57. The molecular weight excluding hydrogens is 1010 g/mol. The molecule has 1 saturated heterocycles. The van der Waals surface area contributed by atoms with Crippen LogP contribution < -0.4 is 5.32 Å². The summed E-state index contributed by atoms with van der Waals surface area (Å²) in [5.41, 5.74) is 0. The first kappa shape index (κ1) is 75.9. The summed E-state index contributed by atoms with van der Waals surface area (Å²) in [6.45, 7) is 4.18. The molecule has 0 aliphatic carbocycles. The number of ether oxygens (including phenoxy) is 3. The van der Waals surface area contributed by atoms with Crippen molar-refractivity contribution in [2.45, 2.75) is 326 Å². The van der Waals surface area contributed by atoms with Crippen molar-refractivity contribution in [2.24, 2.45) is 0 Å². The molecule has 0 aromatic heterocycles. The van der Waals surface area contributed by atoms with E-state index in [-0.39, 0.29) is 18.5 Å². The molecule has 0 aromatic carbocycles. The van der Waals surface area contributed by atoms with Crippen LogP contribution in [0.4, 0.5) is 0 Å². The van der Waals surface area contributed by atoms with Crippen molar-refractivity contribution in [3.8, 4) is 0 Å². The van der Waals surface area contributed by atoms with Gasteiger partial charge in [0.1, 0.15) is 24.4 Å². The lowest BCUT2D eigenvalue weighted by molar-refractivity contribution is -0.302. The Kier molecular flexibility index (Phi) is 54.9. The number of nitrogens with one attached hydrogen (secondary N) is 1. The maximum Gasteiger partial charge on any atom is 0.305 e. The summed E-state index contributed by atoms with van der Waals surface area (Å²) in [5.74, 6) is -0.214. The Morgan fingerprint density at radius 2 is 0.840 bits per heavy atom. The molecule has 0 radical (unpaired) electrons. The Labute approximate surface area is 495 Å². The highest BCUT2D eigenvalue weighted by molar-refractivity contribution is 5.76. The van der Waals surface area contributed by atoms with E-state index in [1.165, 1.54) is 154 Å². The summed E-state index contributed by atoms with van der Waals surface area (Å²) in [7, 11) is 0. The zero-order valence-corrected chi connectivity index (χ0v) is 51.7. The topological polar surface area (TPSA) is 175 Å². The zero-order valence-electron chi connectivity index (χ0n) is 51.7. The zero-order chi connectivity index (χ0) is 58.7. The standard InChI is InChI=1S/C70H123NO10/c1-3-5-7-9-11-13-15-33-38-42-46-50-54-58-66(75)79-59-55-51-47-43-39-35-32-30-28-26-24-22-20-18-16-17-19-21-23-25-27-29-31-34-37-41-45-49-53-57-65(74)71-62(61-80-70-69(78)68(77)67(76)64(60-72)81-70)63(73)56-52-48-44-40-36-14-12-10-8-6-4-2/h7-10,13,15-16,18,22,24,36,40,52,56,62-64,67-70,72-73,76-78H,3-6,11-12,14,17,19-21,23,25-35,37-39,41-51,53-55,57-61H2,1-2H3,(H,71,74)/b9-7-,10-8+,15-13-,18-16-,24-22-,40-36+,56-52+. The van der Waals surface area contributed by atoms with Gasteiger partial charge in [0.25, 0.3) is 0 Å². The maximum atomic E-state index is 13.0. The second kappa shape index (κ2) is 58.6. The first-order chi connectivity index (χ1) is 39.7. The lowest BCUT2D eigenvalue weighted by atomic mass is 9.99. The third kappa shape index (κ3) is 47.8. The number of amides is 1. The first-order valence-corrected chi connectivity index (χ1v) is 33.4. The van der Waals surface area contributed by atoms with E-state index in [9.17, 15) is 35.1 Å². The van der Waals surface area contributed by atoms with Gasteiger partial charge in [-0.2, -0.15) is 0 Å². The summed E-state index contributed by atoms with van der Waals surface area (Å²) >= 11 is 0. The van der Waals surface area contributed by atoms with Gasteiger partial charge in [-0.05, 0) is 109 Å². The van der Waals surface area contributed by atoms with E-state index in [1.54, 1.807) is 6.08 Å². The Hall–Kier alpha value is -3.16. The van der Waals surface area contributed by atoms with Crippen LogP contribution in [-0.4, -0.2) is 100 Å². The van der Waals surface area contributed by atoms with E-state index in [0.717, 1.165) is 103 Å². The Morgan fingerprint density at radius 3 is 1.30 bits per heavy atom. The van der Waals surface area contributed by atoms with Crippen molar-refractivity contribution in [3.05, 3.63) is 85.1 Å². The summed E-state index contributed by atoms with van der Waals surface area (Å²) < 4.78 is 16.7. The molecule has 0 bridgehead atoms. The average molecular weight is 1140 g/mol. The quantitative estimate of drug-likeness (QED) is 0.0195. The van der Waals surface area contributed by atoms with Crippen molar-refractivity contribution in [2.75, 3.05) is 19.8 Å². The number of allylic oxidation sites excluding steroid dienone is 13. The number of aliphatic hydroxyl groups excluding tert-OH is 5. The third-order valence-electron chi connectivity index (χ3n) is 15.1. The molecule has 0 spiro atoms. The van der Waals surface area contributed by atoms with Gasteiger partial charge in [0.05, 0.1) is 32.0 Å². The van der Waals surface area contributed by atoms with Gasteiger partial charge in [0, 0.05) is 12.8 Å². The first-order valence-electron chi connectivity index (χ1n) is 33.4. The highest BCUT2D eigenvalue weighted by Crippen LogP contribution is 2.23. The van der Waals surface area contributed by atoms with Gasteiger partial charge in [-0.25, -0.2) is 0 Å². The van der Waals surface area contributed by atoms with E-state index in [0.29, 0.717) is 19.4 Å². The molecule has 1 rings (SSSR count). The molecule has 1 fully saturated rings. The highest BCUT2D eigenvalue weighted by Gasteiger charge is 2.44. The molecule has 6 N–H and O–H groups in total. The molecule has 0 saturated carbocycles. The lowest BCUT2D eigenvalue weighted by Gasteiger charge is -2.40. The van der Waals surface area contributed by atoms with Gasteiger partial charge in [0.2, 0.25) is 5.91 Å². The molecule has 1 amide bonds. The maximum absolute atomic E-state index is 13.0. The smallest absolute Gasteiger partial charge is 0.305 e. The van der Waals surface area contributed by atoms with Gasteiger partial charge in [-0.15, -0.1) is 0 Å². The van der Waals surface area contributed by atoms with Gasteiger partial charge in [0.15, 0.2) is 6.29 Å². The van der Waals surface area contributed by atoms with Gasteiger partial charge < -0.3 is 45.1 Å². The van der Waals surface area contributed by atoms with Crippen LogP contribution in [0.3, 0.4) is 0 Å². The predicted octanol–water partition coefficient (Wildman–Crippen LogP) is 16.5. The molecule has 7 atom stereocenters. The van der Waals surface area contributed by atoms with Crippen molar-refractivity contribution in [3.63, 3.8) is 0 Å².